The Morgan fingerprint density at radius 2 is 1.85 bits per heavy atom. The maximum absolute atomic E-state index is 12.8. The van der Waals surface area contributed by atoms with Gasteiger partial charge in [0.2, 0.25) is 5.91 Å². The topological polar surface area (TPSA) is 43.8 Å². The average molecular weight is 369 g/mol. The highest BCUT2D eigenvalue weighted by molar-refractivity contribution is 5.80. The molecule has 146 valence electrons. The van der Waals surface area contributed by atoms with E-state index in [4.69, 9.17) is 0 Å². The molecule has 3 aliphatic heterocycles. The van der Waals surface area contributed by atoms with Crippen molar-refractivity contribution in [2.45, 2.75) is 63.1 Å². The van der Waals surface area contributed by atoms with E-state index in [2.05, 4.69) is 40.1 Å². The summed E-state index contributed by atoms with van der Waals surface area (Å²) in [6, 6.07) is 12.3. The average Bonchev–Trinajstić information content (AvgIpc) is 2.66. The van der Waals surface area contributed by atoms with Gasteiger partial charge in [-0.3, -0.25) is 9.69 Å². The minimum atomic E-state index is -0.240. The zero-order valence-electron chi connectivity index (χ0n) is 16.2. The fraction of sp³-hybridized carbons (Fsp3) is 0.696. The van der Waals surface area contributed by atoms with E-state index >= 15 is 0 Å². The number of likely N-dealkylation sites (tertiary alicyclic amines) is 1. The van der Waals surface area contributed by atoms with Crippen LogP contribution in [-0.2, 0) is 11.2 Å². The highest BCUT2D eigenvalue weighted by Gasteiger charge is 2.46. The number of amides is 1. The number of piperidine rings is 3. The van der Waals surface area contributed by atoms with Crippen LogP contribution in [0.25, 0.3) is 0 Å². The van der Waals surface area contributed by atoms with E-state index in [0.717, 1.165) is 19.6 Å². The molecule has 1 aromatic rings. The molecule has 1 saturated carbocycles. The van der Waals surface area contributed by atoms with Crippen molar-refractivity contribution in [1.29, 1.82) is 0 Å². The fourth-order valence-corrected chi connectivity index (χ4v) is 6.24. The van der Waals surface area contributed by atoms with Crippen LogP contribution in [0.5, 0.6) is 0 Å². The summed E-state index contributed by atoms with van der Waals surface area (Å²) >= 11 is 0. The Labute approximate surface area is 162 Å². The minimum Gasteiger partial charge on any atom is -0.393 e. The van der Waals surface area contributed by atoms with Crippen molar-refractivity contribution in [1.82, 2.24) is 9.80 Å². The predicted octanol–water partition coefficient (Wildman–Crippen LogP) is 2.70. The van der Waals surface area contributed by atoms with E-state index in [9.17, 15) is 9.90 Å². The molecule has 0 radical (unpaired) electrons. The highest BCUT2D eigenvalue weighted by Crippen LogP contribution is 2.41. The molecule has 0 unspecified atom stereocenters. The van der Waals surface area contributed by atoms with Crippen molar-refractivity contribution in [2.24, 2.45) is 17.8 Å². The van der Waals surface area contributed by atoms with Gasteiger partial charge in [0.25, 0.3) is 0 Å². The van der Waals surface area contributed by atoms with Crippen LogP contribution in [-0.4, -0.2) is 58.6 Å². The van der Waals surface area contributed by atoms with Crippen LogP contribution < -0.4 is 0 Å². The van der Waals surface area contributed by atoms with Crippen LogP contribution in [0.15, 0.2) is 30.3 Å². The smallest absolute Gasteiger partial charge is 0.225 e. The number of benzene rings is 1. The Bertz CT molecular complexity index is 672. The molecule has 1 aromatic carbocycles. The summed E-state index contributed by atoms with van der Waals surface area (Å²) in [6.07, 6.45) is 7.52. The number of aliphatic hydroxyl groups excluding tert-OH is 1. The Balaban J connectivity index is 1.27. The first kappa shape index (κ1) is 17.7. The normalized spacial score (nSPS) is 38.8. The Morgan fingerprint density at radius 3 is 2.63 bits per heavy atom. The van der Waals surface area contributed by atoms with Crippen LogP contribution in [0.3, 0.4) is 0 Å². The number of carbonyl (C=O) groups excluding carboxylic acids is 1. The predicted molar refractivity (Wildman–Crippen MR) is 105 cm³/mol. The van der Waals surface area contributed by atoms with Gasteiger partial charge >= 0.3 is 0 Å². The van der Waals surface area contributed by atoms with Crippen LogP contribution in [0.4, 0.5) is 0 Å². The van der Waals surface area contributed by atoms with Crippen molar-refractivity contribution in [3.8, 4) is 0 Å². The molecule has 1 aliphatic carbocycles. The third-order valence-corrected chi connectivity index (χ3v) is 7.60. The highest BCUT2D eigenvalue weighted by atomic mass is 16.3. The number of nitrogens with zero attached hydrogens (tertiary/aromatic N) is 2. The van der Waals surface area contributed by atoms with Gasteiger partial charge in [0, 0.05) is 37.6 Å². The first-order chi connectivity index (χ1) is 13.2. The molecule has 27 heavy (non-hydrogen) atoms. The molecule has 4 atom stereocenters. The van der Waals surface area contributed by atoms with Gasteiger partial charge in [-0.1, -0.05) is 36.8 Å². The molecule has 1 amide bonds. The lowest BCUT2D eigenvalue weighted by molar-refractivity contribution is -0.149. The van der Waals surface area contributed by atoms with Gasteiger partial charge in [-0.25, -0.2) is 0 Å². The molecular formula is C23H32N2O2. The molecule has 1 N–H and O–H groups in total. The molecule has 0 spiro atoms. The lowest BCUT2D eigenvalue weighted by Crippen LogP contribution is -2.63. The molecule has 5 rings (SSSR count). The lowest BCUT2D eigenvalue weighted by Gasteiger charge is -2.55. The lowest BCUT2D eigenvalue weighted by atomic mass is 9.73. The van der Waals surface area contributed by atoms with Gasteiger partial charge in [-0.2, -0.15) is 0 Å². The standard InChI is InChI=1S/C23H32N2O2/c26-21-11-18(12-21)23(27)24-13-17-9-19(15-24)22-8-4-7-20(25(22)14-17)10-16-5-2-1-3-6-16/h1-3,5-6,17-22,26H,4,7-15H2/t17-,18?,19+,20+,21?,22-/m0/s1. The van der Waals surface area contributed by atoms with Crippen molar-refractivity contribution in [3.05, 3.63) is 35.9 Å². The van der Waals surface area contributed by atoms with Gasteiger partial charge < -0.3 is 10.0 Å². The SMILES string of the molecule is O=C(C1CC(O)C1)N1C[C@@H]2C[C@H](C1)[C@@H]1CCC[C@H](Cc3ccccc3)N1C2. The monoisotopic (exact) mass is 368 g/mol. The summed E-state index contributed by atoms with van der Waals surface area (Å²) in [4.78, 5) is 17.8. The van der Waals surface area contributed by atoms with E-state index in [-0.39, 0.29) is 12.0 Å². The molecule has 4 nitrogen and oxygen atoms in total. The molecule has 4 heteroatoms. The second-order valence-corrected chi connectivity index (χ2v) is 9.47. The van der Waals surface area contributed by atoms with E-state index in [1.54, 1.807) is 0 Å². The Hall–Kier alpha value is -1.39. The van der Waals surface area contributed by atoms with E-state index < -0.39 is 0 Å². The first-order valence-electron chi connectivity index (χ1n) is 10.9. The maximum Gasteiger partial charge on any atom is 0.225 e. The van der Waals surface area contributed by atoms with Crippen molar-refractivity contribution < 1.29 is 9.90 Å². The largest absolute Gasteiger partial charge is 0.393 e. The molecule has 4 aliphatic rings. The fourth-order valence-electron chi connectivity index (χ4n) is 6.24. The molecular weight excluding hydrogens is 336 g/mol. The summed E-state index contributed by atoms with van der Waals surface area (Å²) in [7, 11) is 0. The molecule has 4 fully saturated rings. The number of carbonyl (C=O) groups is 1. The van der Waals surface area contributed by atoms with Crippen molar-refractivity contribution in [2.75, 3.05) is 19.6 Å². The minimum absolute atomic E-state index is 0.0899. The number of hydrogen-bond donors (Lipinski definition) is 1. The molecule has 3 heterocycles. The summed E-state index contributed by atoms with van der Waals surface area (Å²) in [5.41, 5.74) is 1.46. The third-order valence-electron chi connectivity index (χ3n) is 7.60. The Kier molecular flexibility index (Phi) is 4.73. The quantitative estimate of drug-likeness (QED) is 0.892. The number of hydrogen-bond acceptors (Lipinski definition) is 3. The van der Waals surface area contributed by atoms with Crippen LogP contribution >= 0.6 is 0 Å². The second-order valence-electron chi connectivity index (χ2n) is 9.47. The molecule has 2 bridgehead atoms. The molecule has 0 aromatic heterocycles. The van der Waals surface area contributed by atoms with Gasteiger partial charge in [-0.15, -0.1) is 0 Å². The molecule has 3 saturated heterocycles. The van der Waals surface area contributed by atoms with E-state index in [1.807, 2.05) is 0 Å². The van der Waals surface area contributed by atoms with Crippen LogP contribution in [0, 0.1) is 17.8 Å². The van der Waals surface area contributed by atoms with Gasteiger partial charge in [0.15, 0.2) is 0 Å². The number of rotatable bonds is 3. The zero-order chi connectivity index (χ0) is 18.4. The number of aliphatic hydroxyl groups is 1. The second kappa shape index (κ2) is 7.21. The van der Waals surface area contributed by atoms with E-state index in [0.29, 0.717) is 42.7 Å². The third kappa shape index (κ3) is 3.42. The van der Waals surface area contributed by atoms with Gasteiger partial charge in [-0.05, 0) is 55.9 Å². The van der Waals surface area contributed by atoms with Crippen molar-refractivity contribution in [3.63, 3.8) is 0 Å². The zero-order valence-corrected chi connectivity index (χ0v) is 16.2. The summed E-state index contributed by atoms with van der Waals surface area (Å²) in [6.45, 7) is 3.04. The van der Waals surface area contributed by atoms with Crippen LogP contribution in [0.1, 0.15) is 44.1 Å². The maximum atomic E-state index is 12.8. The summed E-state index contributed by atoms with van der Waals surface area (Å²) in [5.74, 6) is 1.68. The Morgan fingerprint density at radius 1 is 1.04 bits per heavy atom. The van der Waals surface area contributed by atoms with Gasteiger partial charge in [0.1, 0.15) is 0 Å². The summed E-state index contributed by atoms with van der Waals surface area (Å²) < 4.78 is 0. The van der Waals surface area contributed by atoms with Gasteiger partial charge in [0.05, 0.1) is 6.10 Å². The van der Waals surface area contributed by atoms with Crippen molar-refractivity contribution >= 4 is 5.91 Å². The summed E-state index contributed by atoms with van der Waals surface area (Å²) in [5, 5.41) is 9.55. The van der Waals surface area contributed by atoms with Crippen LogP contribution in [0.2, 0.25) is 0 Å². The van der Waals surface area contributed by atoms with E-state index in [1.165, 1.54) is 37.7 Å². The number of fused-ring (bicyclic) bond motifs is 4. The first-order valence-corrected chi connectivity index (χ1v) is 10.9.